The molecule has 150 valence electrons. The topological polar surface area (TPSA) is 65.8 Å². The zero-order chi connectivity index (χ0) is 21.6. The summed E-state index contributed by atoms with van der Waals surface area (Å²) in [5.74, 6) is -0.292. The monoisotopic (exact) mass is 441 g/mol. The van der Waals surface area contributed by atoms with Gasteiger partial charge in [0.25, 0.3) is 5.91 Å². The number of hydrogen-bond donors (Lipinski definition) is 1. The Balaban J connectivity index is 1.57. The van der Waals surface area contributed by atoms with Crippen molar-refractivity contribution in [2.75, 3.05) is 5.32 Å². The zero-order valence-electron chi connectivity index (χ0n) is 16.2. The number of aromatic nitrogens is 1. The Hall–Kier alpha value is -3.72. The molecule has 0 radical (unpaired) electrons. The van der Waals surface area contributed by atoms with Crippen molar-refractivity contribution in [2.45, 2.75) is 0 Å². The molecule has 1 N–H and O–H groups in total. The van der Waals surface area contributed by atoms with Crippen LogP contribution < -0.4 is 5.32 Å². The summed E-state index contributed by atoms with van der Waals surface area (Å²) in [6.07, 6.45) is 1.76. The average molecular weight is 442 g/mol. The van der Waals surface area contributed by atoms with Gasteiger partial charge in [-0.05, 0) is 35.9 Å². The molecule has 0 saturated carbocycles. The average Bonchev–Trinajstić information content (AvgIpc) is 3.29. The molecule has 31 heavy (non-hydrogen) atoms. The van der Waals surface area contributed by atoms with Crippen LogP contribution in [0.3, 0.4) is 0 Å². The van der Waals surface area contributed by atoms with Crippen molar-refractivity contribution in [3.63, 3.8) is 0 Å². The fraction of sp³-hybridized carbons (Fsp3) is 0. The molecule has 1 aromatic heterocycles. The molecule has 1 amide bonds. The molecule has 3 aromatic carbocycles. The van der Waals surface area contributed by atoms with E-state index in [4.69, 9.17) is 11.6 Å². The first kappa shape index (κ1) is 20.5. The highest BCUT2D eigenvalue weighted by atomic mass is 35.5. The lowest BCUT2D eigenvalue weighted by molar-refractivity contribution is 0.102. The molecule has 0 fully saturated rings. The minimum absolute atomic E-state index is 0.292. The van der Waals surface area contributed by atoms with Gasteiger partial charge >= 0.3 is 0 Å². The summed E-state index contributed by atoms with van der Waals surface area (Å²) in [4.78, 5) is 17.1. The Morgan fingerprint density at radius 2 is 1.81 bits per heavy atom. The molecule has 0 unspecified atom stereocenters. The molecule has 0 aliphatic carbocycles. The van der Waals surface area contributed by atoms with Crippen LogP contribution in [0.5, 0.6) is 0 Å². The van der Waals surface area contributed by atoms with Crippen LogP contribution in [0.4, 0.5) is 5.69 Å². The van der Waals surface area contributed by atoms with E-state index in [1.165, 1.54) is 11.3 Å². The third kappa shape index (κ3) is 4.89. The second-order valence-corrected chi connectivity index (χ2v) is 7.90. The quantitative estimate of drug-likeness (QED) is 0.347. The number of nitriles is 1. The van der Waals surface area contributed by atoms with Crippen molar-refractivity contribution in [2.24, 2.45) is 0 Å². The lowest BCUT2D eigenvalue weighted by Crippen LogP contribution is -2.12. The van der Waals surface area contributed by atoms with Crippen molar-refractivity contribution < 1.29 is 4.79 Å². The van der Waals surface area contributed by atoms with E-state index in [1.54, 1.807) is 42.5 Å². The van der Waals surface area contributed by atoms with Gasteiger partial charge in [0, 0.05) is 16.6 Å². The van der Waals surface area contributed by atoms with Crippen molar-refractivity contribution in [1.29, 1.82) is 5.26 Å². The van der Waals surface area contributed by atoms with Crippen LogP contribution in [-0.2, 0) is 0 Å². The molecule has 1 heterocycles. The summed E-state index contributed by atoms with van der Waals surface area (Å²) < 4.78 is 0. The molecule has 4 aromatic rings. The lowest BCUT2D eigenvalue weighted by Gasteiger charge is -2.07. The maximum Gasteiger partial charge on any atom is 0.257 e. The number of hydrogen-bond acceptors (Lipinski definition) is 4. The molecule has 0 spiro atoms. The van der Waals surface area contributed by atoms with E-state index in [9.17, 15) is 10.1 Å². The number of allylic oxidation sites excluding steroid dienone is 1. The summed E-state index contributed by atoms with van der Waals surface area (Å²) in [5.41, 5.74) is 4.10. The number of carbonyl (C=O) groups excluding carboxylic acids is 1. The molecule has 0 bridgehead atoms. The van der Waals surface area contributed by atoms with E-state index in [2.05, 4.69) is 16.4 Å². The van der Waals surface area contributed by atoms with Crippen molar-refractivity contribution >= 4 is 46.2 Å². The van der Waals surface area contributed by atoms with Crippen LogP contribution in [0.15, 0.2) is 84.2 Å². The second kappa shape index (κ2) is 9.40. The van der Waals surface area contributed by atoms with Crippen LogP contribution >= 0.6 is 22.9 Å². The molecule has 0 aliphatic heterocycles. The van der Waals surface area contributed by atoms with Crippen molar-refractivity contribution in [3.8, 4) is 17.3 Å². The van der Waals surface area contributed by atoms with E-state index < -0.39 is 0 Å². The maximum atomic E-state index is 12.5. The predicted octanol–water partition coefficient (Wildman–Crippen LogP) is 6.78. The van der Waals surface area contributed by atoms with Crippen LogP contribution in [0.25, 0.3) is 22.9 Å². The third-order valence-corrected chi connectivity index (χ3v) is 5.70. The van der Waals surface area contributed by atoms with Gasteiger partial charge in [0.1, 0.15) is 11.1 Å². The van der Waals surface area contributed by atoms with Crippen LogP contribution in [-0.4, -0.2) is 10.9 Å². The summed E-state index contributed by atoms with van der Waals surface area (Å²) in [6.45, 7) is 0. The van der Waals surface area contributed by atoms with Gasteiger partial charge in [0.05, 0.1) is 21.9 Å². The van der Waals surface area contributed by atoms with Gasteiger partial charge in [-0.25, -0.2) is 4.98 Å². The molecular weight excluding hydrogens is 426 g/mol. The summed E-state index contributed by atoms with van der Waals surface area (Å²) in [5, 5.41) is 15.5. The number of rotatable bonds is 5. The Bertz CT molecular complexity index is 1310. The van der Waals surface area contributed by atoms with Gasteiger partial charge in [-0.15, -0.1) is 11.3 Å². The van der Waals surface area contributed by atoms with Crippen LogP contribution in [0.2, 0.25) is 5.02 Å². The lowest BCUT2D eigenvalue weighted by atomic mass is 10.1. The van der Waals surface area contributed by atoms with E-state index in [-0.39, 0.29) is 5.91 Å². The normalized spacial score (nSPS) is 11.0. The fourth-order valence-corrected chi connectivity index (χ4v) is 4.01. The summed E-state index contributed by atoms with van der Waals surface area (Å²) in [7, 11) is 0. The number of carbonyl (C=O) groups is 1. The first-order chi connectivity index (χ1) is 15.1. The first-order valence-corrected chi connectivity index (χ1v) is 10.7. The van der Waals surface area contributed by atoms with Crippen LogP contribution in [0, 0.1) is 11.3 Å². The fourth-order valence-electron chi connectivity index (χ4n) is 3.00. The van der Waals surface area contributed by atoms with Gasteiger partial charge in [0.15, 0.2) is 0 Å². The highest BCUT2D eigenvalue weighted by Gasteiger charge is 2.11. The first-order valence-electron chi connectivity index (χ1n) is 9.43. The maximum absolute atomic E-state index is 12.5. The SMILES string of the molecule is N#C/C(=C/c1cccc(NC(=O)c2ccccc2Cl)c1)c1nc(-c2ccccc2)cs1. The number of nitrogens with zero attached hydrogens (tertiary/aromatic N) is 2. The molecule has 4 nitrogen and oxygen atoms in total. The molecule has 0 aliphatic rings. The zero-order valence-corrected chi connectivity index (χ0v) is 17.8. The van der Waals surface area contributed by atoms with Gasteiger partial charge in [-0.1, -0.05) is 66.2 Å². The number of amides is 1. The summed E-state index contributed by atoms with van der Waals surface area (Å²) in [6, 6.07) is 26.2. The largest absolute Gasteiger partial charge is 0.322 e. The predicted molar refractivity (Wildman–Crippen MR) is 127 cm³/mol. The summed E-state index contributed by atoms with van der Waals surface area (Å²) >= 11 is 7.53. The van der Waals surface area contributed by atoms with Crippen LogP contribution in [0.1, 0.15) is 20.9 Å². The van der Waals surface area contributed by atoms with Gasteiger partial charge in [-0.2, -0.15) is 5.26 Å². The van der Waals surface area contributed by atoms with E-state index >= 15 is 0 Å². The number of halogens is 1. The minimum atomic E-state index is -0.292. The van der Waals surface area contributed by atoms with Gasteiger partial charge in [0.2, 0.25) is 0 Å². The number of benzene rings is 3. The Morgan fingerprint density at radius 3 is 2.58 bits per heavy atom. The smallest absolute Gasteiger partial charge is 0.257 e. The Morgan fingerprint density at radius 1 is 1.03 bits per heavy atom. The molecule has 4 rings (SSSR count). The van der Waals surface area contributed by atoms with Gasteiger partial charge in [-0.3, -0.25) is 4.79 Å². The Kier molecular flexibility index (Phi) is 6.23. The van der Waals surface area contributed by atoms with Crippen molar-refractivity contribution in [3.05, 3.63) is 105 Å². The van der Waals surface area contributed by atoms with Crippen molar-refractivity contribution in [1.82, 2.24) is 4.98 Å². The number of anilines is 1. The Labute approximate surface area is 189 Å². The standard InChI is InChI=1S/C25H16ClN3OS/c26-22-12-5-4-11-21(22)24(30)28-20-10-6-7-17(14-20)13-19(15-27)25-29-23(16-31-25)18-8-2-1-3-9-18/h1-14,16H,(H,28,30)/b19-13-. The third-order valence-electron chi connectivity index (χ3n) is 4.50. The highest BCUT2D eigenvalue weighted by Crippen LogP contribution is 2.27. The highest BCUT2D eigenvalue weighted by molar-refractivity contribution is 7.11. The molecular formula is C25H16ClN3OS. The van der Waals surface area contributed by atoms with E-state index in [1.807, 2.05) is 47.8 Å². The number of nitrogens with one attached hydrogen (secondary N) is 1. The van der Waals surface area contributed by atoms with E-state index in [0.29, 0.717) is 26.9 Å². The second-order valence-electron chi connectivity index (χ2n) is 6.63. The van der Waals surface area contributed by atoms with E-state index in [0.717, 1.165) is 16.8 Å². The number of thiazole rings is 1. The van der Waals surface area contributed by atoms with Gasteiger partial charge < -0.3 is 5.32 Å². The minimum Gasteiger partial charge on any atom is -0.322 e. The molecule has 6 heteroatoms. The molecule has 0 atom stereocenters. The molecule has 0 saturated heterocycles.